The third-order valence-corrected chi connectivity index (χ3v) is 2.37. The molecule has 0 aromatic heterocycles. The molecule has 0 radical (unpaired) electrons. The monoisotopic (exact) mass is 253 g/mol. The van der Waals surface area contributed by atoms with Crippen molar-refractivity contribution in [3.05, 3.63) is 34.4 Å². The predicted octanol–water partition coefficient (Wildman–Crippen LogP) is 2.62. The quantitative estimate of drug-likeness (QED) is 0.595. The van der Waals surface area contributed by atoms with Gasteiger partial charge in [0.1, 0.15) is 5.75 Å². The van der Waals surface area contributed by atoms with E-state index < -0.39 is 10.9 Å². The fourth-order valence-corrected chi connectivity index (χ4v) is 1.50. The van der Waals surface area contributed by atoms with Gasteiger partial charge in [0.25, 0.3) is 5.69 Å². The molecule has 1 aromatic rings. The Morgan fingerprint density at radius 3 is 2.89 bits per heavy atom. The Hall–Kier alpha value is -2.11. The number of carboxylic acid groups (broad SMARTS) is 1. The first-order valence-corrected chi connectivity index (χ1v) is 5.62. The second-order valence-electron chi connectivity index (χ2n) is 3.97. The normalized spacial score (nSPS) is 11.8. The van der Waals surface area contributed by atoms with E-state index in [1.165, 1.54) is 12.1 Å². The summed E-state index contributed by atoms with van der Waals surface area (Å²) in [6.45, 7) is 1.81. The zero-order chi connectivity index (χ0) is 13.5. The highest BCUT2D eigenvalue weighted by molar-refractivity contribution is 5.66. The van der Waals surface area contributed by atoms with Crippen LogP contribution in [0.1, 0.15) is 26.2 Å². The Morgan fingerprint density at radius 1 is 1.56 bits per heavy atom. The van der Waals surface area contributed by atoms with E-state index in [-0.39, 0.29) is 18.2 Å². The molecule has 0 saturated heterocycles. The van der Waals surface area contributed by atoms with E-state index >= 15 is 0 Å². The summed E-state index contributed by atoms with van der Waals surface area (Å²) >= 11 is 0. The summed E-state index contributed by atoms with van der Waals surface area (Å²) in [5.41, 5.74) is -0.0229. The number of rotatable bonds is 7. The number of aliphatic carboxylic acids is 1. The van der Waals surface area contributed by atoms with Gasteiger partial charge in [0.05, 0.1) is 17.1 Å². The first-order chi connectivity index (χ1) is 8.49. The van der Waals surface area contributed by atoms with E-state index in [4.69, 9.17) is 9.84 Å². The third kappa shape index (κ3) is 4.82. The fraction of sp³-hybridized carbons (Fsp3) is 0.417. The molecule has 6 heteroatoms. The molecule has 1 aromatic carbocycles. The van der Waals surface area contributed by atoms with Gasteiger partial charge in [0.2, 0.25) is 0 Å². The van der Waals surface area contributed by atoms with E-state index in [1.807, 2.05) is 0 Å². The molecule has 1 unspecified atom stereocenters. The van der Waals surface area contributed by atoms with Crippen molar-refractivity contribution < 1.29 is 19.6 Å². The van der Waals surface area contributed by atoms with Crippen LogP contribution in [0.4, 0.5) is 5.69 Å². The number of nitro benzene ring substituents is 1. The SMILES string of the molecule is CC(CCCC(=O)O)Oc1cccc([N+](=O)[O-])c1. The first-order valence-electron chi connectivity index (χ1n) is 5.62. The number of carbonyl (C=O) groups is 1. The Balaban J connectivity index is 2.48. The van der Waals surface area contributed by atoms with Gasteiger partial charge in [-0.05, 0) is 25.8 Å². The third-order valence-electron chi connectivity index (χ3n) is 2.37. The van der Waals surface area contributed by atoms with Gasteiger partial charge in [-0.2, -0.15) is 0 Å². The maximum atomic E-state index is 10.6. The summed E-state index contributed by atoms with van der Waals surface area (Å²) in [4.78, 5) is 20.4. The Kier molecular flexibility index (Phi) is 5.10. The van der Waals surface area contributed by atoms with E-state index in [2.05, 4.69) is 0 Å². The van der Waals surface area contributed by atoms with Crippen LogP contribution in [0.15, 0.2) is 24.3 Å². The molecule has 1 N–H and O–H groups in total. The van der Waals surface area contributed by atoms with Gasteiger partial charge in [-0.25, -0.2) is 0 Å². The molecule has 0 aliphatic heterocycles. The van der Waals surface area contributed by atoms with E-state index in [9.17, 15) is 14.9 Å². The number of nitro groups is 1. The van der Waals surface area contributed by atoms with Crippen LogP contribution < -0.4 is 4.74 Å². The summed E-state index contributed by atoms with van der Waals surface area (Å²) in [6, 6.07) is 5.94. The van der Waals surface area contributed by atoms with Crippen LogP contribution >= 0.6 is 0 Å². The second-order valence-corrected chi connectivity index (χ2v) is 3.97. The highest BCUT2D eigenvalue weighted by Gasteiger charge is 2.09. The van der Waals surface area contributed by atoms with Gasteiger partial charge in [-0.15, -0.1) is 0 Å². The van der Waals surface area contributed by atoms with Crippen LogP contribution in [0.5, 0.6) is 5.75 Å². The maximum Gasteiger partial charge on any atom is 0.303 e. The minimum atomic E-state index is -0.836. The van der Waals surface area contributed by atoms with Crippen molar-refractivity contribution in [2.75, 3.05) is 0 Å². The van der Waals surface area contributed by atoms with Crippen molar-refractivity contribution >= 4 is 11.7 Å². The number of non-ortho nitro benzene ring substituents is 1. The van der Waals surface area contributed by atoms with E-state index in [0.717, 1.165) is 0 Å². The van der Waals surface area contributed by atoms with Gasteiger partial charge in [-0.3, -0.25) is 14.9 Å². The lowest BCUT2D eigenvalue weighted by Crippen LogP contribution is -2.12. The minimum absolute atomic E-state index is 0.0229. The highest BCUT2D eigenvalue weighted by Crippen LogP contribution is 2.21. The first kappa shape index (κ1) is 14.0. The lowest BCUT2D eigenvalue weighted by atomic mass is 10.2. The van der Waals surface area contributed by atoms with Crippen LogP contribution in [0.3, 0.4) is 0 Å². The zero-order valence-electron chi connectivity index (χ0n) is 10.0. The molecule has 1 atom stereocenters. The number of benzene rings is 1. The predicted molar refractivity (Wildman–Crippen MR) is 64.7 cm³/mol. The lowest BCUT2D eigenvalue weighted by molar-refractivity contribution is -0.384. The molecule has 0 aliphatic rings. The Bertz CT molecular complexity index is 432. The average Bonchev–Trinajstić information content (AvgIpc) is 2.28. The summed E-state index contributed by atoms with van der Waals surface area (Å²) in [6.07, 6.45) is 1.04. The summed E-state index contributed by atoms with van der Waals surface area (Å²) in [7, 11) is 0. The highest BCUT2D eigenvalue weighted by atomic mass is 16.6. The molecule has 0 aliphatic carbocycles. The maximum absolute atomic E-state index is 10.6. The van der Waals surface area contributed by atoms with Crippen molar-refractivity contribution in [1.29, 1.82) is 0 Å². The largest absolute Gasteiger partial charge is 0.490 e. The molecule has 0 amide bonds. The lowest BCUT2D eigenvalue weighted by Gasteiger charge is -2.13. The number of ether oxygens (including phenoxy) is 1. The van der Waals surface area contributed by atoms with Crippen molar-refractivity contribution in [2.45, 2.75) is 32.3 Å². The topological polar surface area (TPSA) is 89.7 Å². The molecule has 1 rings (SSSR count). The van der Waals surface area contributed by atoms with Crippen LogP contribution in [-0.4, -0.2) is 22.1 Å². The minimum Gasteiger partial charge on any atom is -0.490 e. The summed E-state index contributed by atoms with van der Waals surface area (Å²) in [5, 5.41) is 19.1. The number of hydrogen-bond acceptors (Lipinski definition) is 4. The molecule has 0 fully saturated rings. The van der Waals surface area contributed by atoms with Crippen molar-refractivity contribution in [2.24, 2.45) is 0 Å². The van der Waals surface area contributed by atoms with Gasteiger partial charge in [0, 0.05) is 12.5 Å². The van der Waals surface area contributed by atoms with Crippen molar-refractivity contribution in [3.8, 4) is 5.75 Å². The molecule has 0 bridgehead atoms. The molecule has 6 nitrogen and oxygen atoms in total. The van der Waals surface area contributed by atoms with Gasteiger partial charge < -0.3 is 9.84 Å². The molecule has 0 spiro atoms. The summed E-state index contributed by atoms with van der Waals surface area (Å²) < 4.78 is 5.49. The van der Waals surface area contributed by atoms with Crippen LogP contribution in [0, 0.1) is 10.1 Å². The molecule has 18 heavy (non-hydrogen) atoms. The van der Waals surface area contributed by atoms with Crippen LogP contribution in [-0.2, 0) is 4.79 Å². The van der Waals surface area contributed by atoms with Gasteiger partial charge in [-0.1, -0.05) is 6.07 Å². The zero-order valence-corrected chi connectivity index (χ0v) is 10.0. The Morgan fingerprint density at radius 2 is 2.28 bits per heavy atom. The summed E-state index contributed by atoms with van der Waals surface area (Å²) in [5.74, 6) is -0.412. The molecule has 0 saturated carbocycles. The van der Waals surface area contributed by atoms with Crippen molar-refractivity contribution in [1.82, 2.24) is 0 Å². The number of carboxylic acids is 1. The van der Waals surface area contributed by atoms with Gasteiger partial charge in [0.15, 0.2) is 0 Å². The Labute approximate surface area is 104 Å². The van der Waals surface area contributed by atoms with Gasteiger partial charge >= 0.3 is 5.97 Å². The standard InChI is InChI=1S/C12H15NO5/c1-9(4-2-7-12(14)15)18-11-6-3-5-10(8-11)13(16)17/h3,5-6,8-9H,2,4,7H2,1H3,(H,14,15). The van der Waals surface area contributed by atoms with Crippen LogP contribution in [0.25, 0.3) is 0 Å². The van der Waals surface area contributed by atoms with E-state index in [1.54, 1.807) is 19.1 Å². The second kappa shape index (κ2) is 6.58. The molecule has 98 valence electrons. The molecular formula is C12H15NO5. The van der Waals surface area contributed by atoms with Crippen LogP contribution in [0.2, 0.25) is 0 Å². The fourth-order valence-electron chi connectivity index (χ4n) is 1.50. The smallest absolute Gasteiger partial charge is 0.303 e. The molecule has 0 heterocycles. The molecular weight excluding hydrogens is 238 g/mol. The number of nitrogens with zero attached hydrogens (tertiary/aromatic N) is 1. The van der Waals surface area contributed by atoms with Crippen molar-refractivity contribution in [3.63, 3.8) is 0 Å². The average molecular weight is 253 g/mol. The van der Waals surface area contributed by atoms with E-state index in [0.29, 0.717) is 18.6 Å². The number of hydrogen-bond donors (Lipinski definition) is 1.